The van der Waals surface area contributed by atoms with Gasteiger partial charge in [-0.05, 0) is 37.5 Å². The van der Waals surface area contributed by atoms with Gasteiger partial charge in [0, 0.05) is 6.04 Å². The second-order valence-electron chi connectivity index (χ2n) is 5.30. The number of hydrogen-bond acceptors (Lipinski definition) is 2. The molecular formula is C16H20N2O. The number of carbonyl (C=O) groups is 1. The first-order chi connectivity index (χ1) is 9.20. The van der Waals surface area contributed by atoms with Crippen molar-refractivity contribution < 1.29 is 4.79 Å². The minimum atomic E-state index is -0.158. The molecule has 1 aliphatic carbocycles. The first-order valence-corrected chi connectivity index (χ1v) is 7.01. The maximum absolute atomic E-state index is 12.2. The summed E-state index contributed by atoms with van der Waals surface area (Å²) in [5, 5.41) is 11.9. The van der Waals surface area contributed by atoms with Crippen LogP contribution < -0.4 is 5.32 Å². The van der Waals surface area contributed by atoms with E-state index in [1.54, 1.807) is 12.1 Å². The molecule has 1 aliphatic rings. The maximum atomic E-state index is 12.2. The molecule has 1 fully saturated rings. The molecule has 1 unspecified atom stereocenters. The Labute approximate surface area is 114 Å². The van der Waals surface area contributed by atoms with Crippen molar-refractivity contribution in [1.29, 1.82) is 5.26 Å². The van der Waals surface area contributed by atoms with Gasteiger partial charge in [0.05, 0.1) is 17.6 Å². The van der Waals surface area contributed by atoms with Crippen LogP contribution in [0, 0.1) is 11.3 Å². The molecule has 0 bridgehead atoms. The Morgan fingerprint density at radius 2 is 1.89 bits per heavy atom. The summed E-state index contributed by atoms with van der Waals surface area (Å²) in [7, 11) is 0. The normalized spacial score (nSPS) is 17.5. The first kappa shape index (κ1) is 13.6. The van der Waals surface area contributed by atoms with Crippen LogP contribution >= 0.6 is 0 Å². The van der Waals surface area contributed by atoms with Gasteiger partial charge >= 0.3 is 0 Å². The minimum Gasteiger partial charge on any atom is -0.353 e. The molecule has 1 N–H and O–H groups in total. The van der Waals surface area contributed by atoms with Gasteiger partial charge in [0.25, 0.3) is 0 Å². The van der Waals surface area contributed by atoms with Gasteiger partial charge in [-0.2, -0.15) is 5.26 Å². The van der Waals surface area contributed by atoms with E-state index >= 15 is 0 Å². The summed E-state index contributed by atoms with van der Waals surface area (Å²) in [5.41, 5.74) is 1.59. The molecule has 2 rings (SSSR count). The molecule has 0 saturated heterocycles. The lowest BCUT2D eigenvalue weighted by molar-refractivity contribution is -0.123. The summed E-state index contributed by atoms with van der Waals surface area (Å²) >= 11 is 0. The van der Waals surface area contributed by atoms with E-state index in [9.17, 15) is 4.79 Å². The number of benzene rings is 1. The predicted molar refractivity (Wildman–Crippen MR) is 74.6 cm³/mol. The van der Waals surface area contributed by atoms with Crippen molar-refractivity contribution in [2.24, 2.45) is 0 Å². The van der Waals surface area contributed by atoms with E-state index in [2.05, 4.69) is 11.4 Å². The standard InChI is InChI=1S/C16H20N2O/c1-12(14-9-7-13(11-17)8-10-14)16(19)18-15-5-3-2-4-6-15/h7-10,12,15H,2-6H2,1H3,(H,18,19). The van der Waals surface area contributed by atoms with E-state index in [0.717, 1.165) is 18.4 Å². The second kappa shape index (κ2) is 6.38. The Hall–Kier alpha value is -1.82. The fraction of sp³-hybridized carbons (Fsp3) is 0.500. The number of nitriles is 1. The third kappa shape index (κ3) is 3.57. The zero-order valence-corrected chi connectivity index (χ0v) is 11.4. The molecule has 0 aliphatic heterocycles. The van der Waals surface area contributed by atoms with E-state index in [4.69, 9.17) is 5.26 Å². The van der Waals surface area contributed by atoms with Crippen molar-refractivity contribution in [3.05, 3.63) is 35.4 Å². The zero-order valence-electron chi connectivity index (χ0n) is 11.4. The summed E-state index contributed by atoms with van der Waals surface area (Å²) in [6.45, 7) is 1.92. The van der Waals surface area contributed by atoms with Gasteiger partial charge in [-0.1, -0.05) is 31.4 Å². The Balaban J connectivity index is 1.95. The zero-order chi connectivity index (χ0) is 13.7. The topological polar surface area (TPSA) is 52.9 Å². The molecule has 19 heavy (non-hydrogen) atoms. The van der Waals surface area contributed by atoms with Crippen LogP contribution in [0.3, 0.4) is 0 Å². The van der Waals surface area contributed by atoms with E-state index < -0.39 is 0 Å². The fourth-order valence-electron chi connectivity index (χ4n) is 2.57. The van der Waals surface area contributed by atoms with Gasteiger partial charge in [-0.3, -0.25) is 4.79 Å². The van der Waals surface area contributed by atoms with E-state index in [1.807, 2.05) is 19.1 Å². The van der Waals surface area contributed by atoms with Crippen molar-refractivity contribution in [1.82, 2.24) is 5.32 Å². The highest BCUT2D eigenvalue weighted by atomic mass is 16.1. The summed E-state index contributed by atoms with van der Waals surface area (Å²) < 4.78 is 0. The summed E-state index contributed by atoms with van der Waals surface area (Å²) in [6.07, 6.45) is 5.93. The van der Waals surface area contributed by atoms with Gasteiger partial charge in [-0.15, -0.1) is 0 Å². The molecule has 1 saturated carbocycles. The van der Waals surface area contributed by atoms with Crippen LogP contribution in [0.4, 0.5) is 0 Å². The average molecular weight is 256 g/mol. The summed E-state index contributed by atoms with van der Waals surface area (Å²) in [6, 6.07) is 9.69. The first-order valence-electron chi connectivity index (χ1n) is 7.01. The largest absolute Gasteiger partial charge is 0.353 e. The summed E-state index contributed by atoms with van der Waals surface area (Å²) in [5.74, 6) is -0.0636. The molecule has 3 nitrogen and oxygen atoms in total. The number of amides is 1. The van der Waals surface area contributed by atoms with Crippen LogP contribution in [0.2, 0.25) is 0 Å². The van der Waals surface area contributed by atoms with Crippen molar-refractivity contribution in [2.45, 2.75) is 51.0 Å². The number of nitrogens with one attached hydrogen (secondary N) is 1. The van der Waals surface area contributed by atoms with E-state index in [0.29, 0.717) is 11.6 Å². The Kier molecular flexibility index (Phi) is 4.57. The van der Waals surface area contributed by atoms with Crippen LogP contribution in [-0.4, -0.2) is 11.9 Å². The fourth-order valence-corrected chi connectivity index (χ4v) is 2.57. The number of hydrogen-bond donors (Lipinski definition) is 1. The molecule has 100 valence electrons. The minimum absolute atomic E-state index is 0.0941. The van der Waals surface area contributed by atoms with Crippen molar-refractivity contribution in [3.8, 4) is 6.07 Å². The van der Waals surface area contributed by atoms with Crippen LogP contribution in [0.5, 0.6) is 0 Å². The highest BCUT2D eigenvalue weighted by Crippen LogP contribution is 2.20. The number of nitrogens with zero attached hydrogens (tertiary/aromatic N) is 1. The van der Waals surface area contributed by atoms with Crippen LogP contribution in [-0.2, 0) is 4.79 Å². The quantitative estimate of drug-likeness (QED) is 0.903. The lowest BCUT2D eigenvalue weighted by Gasteiger charge is -2.24. The van der Waals surface area contributed by atoms with Crippen molar-refractivity contribution >= 4 is 5.91 Å². The lowest BCUT2D eigenvalue weighted by atomic mass is 9.94. The van der Waals surface area contributed by atoms with Gasteiger partial charge in [0.1, 0.15) is 0 Å². The third-order valence-corrected chi connectivity index (χ3v) is 3.88. The maximum Gasteiger partial charge on any atom is 0.227 e. The summed E-state index contributed by atoms with van der Waals surface area (Å²) in [4.78, 5) is 12.2. The van der Waals surface area contributed by atoms with Gasteiger partial charge in [0.2, 0.25) is 5.91 Å². The number of rotatable bonds is 3. The second-order valence-corrected chi connectivity index (χ2v) is 5.30. The van der Waals surface area contributed by atoms with Crippen molar-refractivity contribution in [3.63, 3.8) is 0 Å². The van der Waals surface area contributed by atoms with Crippen LogP contribution in [0.25, 0.3) is 0 Å². The van der Waals surface area contributed by atoms with Gasteiger partial charge in [-0.25, -0.2) is 0 Å². The Morgan fingerprint density at radius 1 is 1.26 bits per heavy atom. The van der Waals surface area contributed by atoms with Crippen molar-refractivity contribution in [2.75, 3.05) is 0 Å². The molecule has 1 atom stereocenters. The predicted octanol–water partition coefficient (Wildman–Crippen LogP) is 3.11. The van der Waals surface area contributed by atoms with Gasteiger partial charge < -0.3 is 5.32 Å². The molecule has 3 heteroatoms. The smallest absolute Gasteiger partial charge is 0.227 e. The highest BCUT2D eigenvalue weighted by molar-refractivity contribution is 5.83. The molecule has 1 amide bonds. The molecular weight excluding hydrogens is 236 g/mol. The van der Waals surface area contributed by atoms with E-state index in [1.165, 1.54) is 19.3 Å². The molecule has 0 aromatic heterocycles. The van der Waals surface area contributed by atoms with E-state index in [-0.39, 0.29) is 11.8 Å². The highest BCUT2D eigenvalue weighted by Gasteiger charge is 2.20. The Morgan fingerprint density at radius 3 is 2.47 bits per heavy atom. The van der Waals surface area contributed by atoms with Gasteiger partial charge in [0.15, 0.2) is 0 Å². The molecule has 0 radical (unpaired) electrons. The van der Waals surface area contributed by atoms with Crippen LogP contribution in [0.15, 0.2) is 24.3 Å². The lowest BCUT2D eigenvalue weighted by Crippen LogP contribution is -2.38. The van der Waals surface area contributed by atoms with Crippen LogP contribution in [0.1, 0.15) is 56.1 Å². The molecule has 1 aromatic carbocycles. The average Bonchev–Trinajstić information content (AvgIpc) is 2.47. The molecule has 0 heterocycles. The SMILES string of the molecule is CC(C(=O)NC1CCCCC1)c1ccc(C#N)cc1. The molecule has 0 spiro atoms. The monoisotopic (exact) mass is 256 g/mol. The number of carbonyl (C=O) groups excluding carboxylic acids is 1. The Bertz CT molecular complexity index is 467. The molecule has 1 aromatic rings. The third-order valence-electron chi connectivity index (χ3n) is 3.88.